The first-order valence-corrected chi connectivity index (χ1v) is 44.4. The molecule has 2 atom stereocenters. The van der Waals surface area contributed by atoms with Crippen molar-refractivity contribution in [1.29, 1.82) is 0 Å². The van der Waals surface area contributed by atoms with Crippen molar-refractivity contribution in [3.8, 4) is 23.0 Å². The quantitative estimate of drug-likeness (QED) is 0.0202. The number of carbonyl (C=O) groups is 2. The second-order valence-electron chi connectivity index (χ2n) is 29.5. The lowest BCUT2D eigenvalue weighted by Crippen LogP contribution is -2.09. The molecule has 0 heterocycles. The molecular weight excluding hydrogens is 1500 g/mol. The van der Waals surface area contributed by atoms with E-state index in [-0.39, 0.29) is 46.2 Å². The number of anilines is 6. The fourth-order valence-electron chi connectivity index (χ4n) is 13.2. The summed E-state index contributed by atoms with van der Waals surface area (Å²) in [6, 6.07) is 81.2. The Morgan fingerprint density at radius 1 is 0.325 bits per heavy atom. The van der Waals surface area contributed by atoms with Gasteiger partial charge in [-0.1, -0.05) is 245 Å². The Morgan fingerprint density at radius 3 is 0.957 bits per heavy atom. The van der Waals surface area contributed by atoms with Crippen LogP contribution in [0, 0.1) is 23.7 Å². The summed E-state index contributed by atoms with van der Waals surface area (Å²) in [5, 5.41) is 0. The number of aldehydes is 2. The van der Waals surface area contributed by atoms with Crippen LogP contribution in [0.5, 0.6) is 23.0 Å². The zero-order chi connectivity index (χ0) is 82.9. The van der Waals surface area contributed by atoms with Crippen molar-refractivity contribution >= 4 is 98.3 Å². The first-order valence-electron chi connectivity index (χ1n) is 40.9. The molecule has 0 aromatic heterocycles. The van der Waals surface area contributed by atoms with Crippen LogP contribution in [0.2, 0.25) is 0 Å². The number of carbonyl (C=O) groups excluding carboxylic acids is 2. The molecule has 10 aromatic carbocycles. The van der Waals surface area contributed by atoms with E-state index in [0.717, 1.165) is 111 Å². The fourth-order valence-corrected chi connectivity index (χ4v) is 16.6. The highest BCUT2D eigenvalue weighted by atomic mass is 31.2. The number of ether oxygens (including phenoxy) is 4. The van der Waals surface area contributed by atoms with Crippen molar-refractivity contribution in [2.75, 3.05) is 63.7 Å². The van der Waals surface area contributed by atoms with Gasteiger partial charge in [-0.25, -0.2) is 0 Å². The minimum Gasteiger partial charge on any atom is -0.496 e. The van der Waals surface area contributed by atoms with Gasteiger partial charge >= 0.3 is 15.2 Å². The molecule has 10 rings (SSSR count). The monoisotopic (exact) mass is 1620 g/mol. The molecule has 0 N–H and O–H groups in total. The van der Waals surface area contributed by atoms with Crippen LogP contribution in [0.3, 0.4) is 0 Å². The van der Waals surface area contributed by atoms with Gasteiger partial charge in [-0.2, -0.15) is 0 Å². The Balaban J connectivity index is 0.000000266. The average molecular weight is 1620 g/mol. The second kappa shape index (κ2) is 50.5. The number of rotatable bonds is 44. The summed E-state index contributed by atoms with van der Waals surface area (Å²) >= 11 is 0. The molecule has 10 aromatic rings. The summed E-state index contributed by atoms with van der Waals surface area (Å²) in [6.07, 6.45) is 23.8. The zero-order valence-corrected chi connectivity index (χ0v) is 71.8. The Labute approximate surface area is 699 Å². The molecule has 0 radical (unpaired) electrons. The molecule has 117 heavy (non-hydrogen) atoms. The molecule has 620 valence electrons. The number of methoxy groups -OCH3 is 2. The van der Waals surface area contributed by atoms with Crippen molar-refractivity contribution in [2.24, 2.45) is 23.7 Å². The van der Waals surface area contributed by atoms with Gasteiger partial charge in [0.15, 0.2) is 0 Å². The van der Waals surface area contributed by atoms with E-state index >= 15 is 0 Å². The van der Waals surface area contributed by atoms with Gasteiger partial charge in [-0.05, 0) is 208 Å². The van der Waals surface area contributed by atoms with E-state index in [4.69, 9.17) is 37.0 Å². The Morgan fingerprint density at radius 2 is 0.615 bits per heavy atom. The van der Waals surface area contributed by atoms with Crippen molar-refractivity contribution < 1.29 is 55.8 Å². The topological polar surface area (TPSA) is 149 Å². The zero-order valence-electron chi connectivity index (χ0n) is 70.0. The van der Waals surface area contributed by atoms with Gasteiger partial charge < -0.3 is 46.8 Å². The number of hydrogen-bond acceptors (Lipinski definition) is 14. The lowest BCUT2D eigenvalue weighted by atomic mass is 9.97. The molecule has 0 spiro atoms. The molecule has 0 aliphatic heterocycles. The van der Waals surface area contributed by atoms with Crippen LogP contribution in [0.4, 0.5) is 34.1 Å². The summed E-state index contributed by atoms with van der Waals surface area (Å²) in [6.45, 7) is 23.0. The van der Waals surface area contributed by atoms with Gasteiger partial charge in [0.2, 0.25) is 0 Å². The number of para-hydroxylation sites is 2. The maximum Gasteiger partial charge on any atom is 0.335 e. The first kappa shape index (κ1) is 94.0. The van der Waals surface area contributed by atoms with Gasteiger partial charge in [0.05, 0.1) is 66.2 Å². The van der Waals surface area contributed by atoms with Crippen LogP contribution in [0.1, 0.15) is 193 Å². The van der Waals surface area contributed by atoms with E-state index in [1.807, 2.05) is 66.7 Å². The smallest absolute Gasteiger partial charge is 0.335 e. The van der Waals surface area contributed by atoms with Gasteiger partial charge in [0.1, 0.15) is 35.6 Å². The van der Waals surface area contributed by atoms with E-state index in [1.54, 1.807) is 78.3 Å². The molecule has 0 saturated heterocycles. The SMILES string of the molecule is C.CCOP(=O)(Cc1cc(OCCC(C)CCCC(C)C)c(CP(=O)(OCC)OCC)cc1OC)OCC.COc1cc(C=Cc2ccccc2)c(OCCC(C)CCCC(C)C)cc1C=Cc1ccc(N(c2ccccc2)c2ccc(C=Cc3ccccc3)cc2)cc1.O=Cc1ccc(N(c2ccccc2)c2ccc(C=O)cc2)cc1. The Hall–Kier alpha value is -10.1. The van der Waals surface area contributed by atoms with Crippen LogP contribution >= 0.6 is 15.2 Å². The van der Waals surface area contributed by atoms with Crippen molar-refractivity contribution in [2.45, 2.75) is 140 Å². The highest BCUT2D eigenvalue weighted by Crippen LogP contribution is 2.56. The molecule has 0 aliphatic carbocycles. The molecule has 0 bridgehead atoms. The standard InChI is InChI=1S/C53H55NO2.C27H50O8P2.C20H15NO2.CH4/c1-41(2)15-14-16-42(3)37-38-56-53-40-47(52(55-4)39-48(53)32-25-44-19-10-6-11-20-44)31-26-46-29-35-51(36-30-46)54(49-21-12-7-13-22-49)50-33-27-45(28-34-50)24-23-43-17-8-5-9-18-43;1-9-32-36(28,33-10-2)20-24-19-27(31-17-16-23(7)15-13-14-22(5)6)25(18-26(24)30-8)21-37(29,34-11-3)35-12-4;22-14-16-6-10-19(11-7-16)21(18-4-2-1-3-5-18)20-12-8-17(15-23)9-13-20;/h5-13,17-36,39-42H,14-16,37-38H2,1-4H3;18-19,22-23H,9-17,20-21H2,1-8H3;1-15H;1H4. The van der Waals surface area contributed by atoms with Crippen LogP contribution in [0.25, 0.3) is 36.5 Å². The summed E-state index contributed by atoms with van der Waals surface area (Å²) in [5.74, 6) is 5.31. The third-order valence-electron chi connectivity index (χ3n) is 19.4. The third-order valence-corrected chi connectivity index (χ3v) is 23.5. The molecule has 2 unspecified atom stereocenters. The fraction of sp³-hybridized carbons (Fsp3) is 0.327. The van der Waals surface area contributed by atoms with Gasteiger partial charge in [0.25, 0.3) is 0 Å². The summed E-state index contributed by atoms with van der Waals surface area (Å²) in [5.41, 5.74) is 15.3. The lowest BCUT2D eigenvalue weighted by Gasteiger charge is -2.25. The molecule has 0 fully saturated rings. The van der Waals surface area contributed by atoms with Gasteiger partial charge in [-0.3, -0.25) is 18.7 Å². The van der Waals surface area contributed by atoms with Crippen molar-refractivity contribution in [1.82, 2.24) is 0 Å². The summed E-state index contributed by atoms with van der Waals surface area (Å²) in [7, 11) is -3.50. The highest BCUT2D eigenvalue weighted by molar-refractivity contribution is 7.53. The predicted molar refractivity (Wildman–Crippen MR) is 490 cm³/mol. The second-order valence-corrected chi connectivity index (χ2v) is 33.6. The van der Waals surface area contributed by atoms with E-state index < -0.39 is 15.2 Å². The van der Waals surface area contributed by atoms with Crippen LogP contribution in [-0.2, 0) is 39.5 Å². The van der Waals surface area contributed by atoms with Crippen LogP contribution < -0.4 is 28.7 Å². The number of hydrogen-bond donors (Lipinski definition) is 0. The normalized spacial score (nSPS) is 12.0. The third kappa shape index (κ3) is 31.3. The van der Waals surface area contributed by atoms with Crippen molar-refractivity contribution in [3.05, 3.63) is 298 Å². The minimum absolute atomic E-state index is 0. The maximum absolute atomic E-state index is 13.3. The molecular formula is C101H124N2O12P2. The summed E-state index contributed by atoms with van der Waals surface area (Å²) < 4.78 is 73.0. The molecule has 14 nitrogen and oxygen atoms in total. The summed E-state index contributed by atoms with van der Waals surface area (Å²) in [4.78, 5) is 26.1. The van der Waals surface area contributed by atoms with Crippen LogP contribution in [-0.4, -0.2) is 66.4 Å². The predicted octanol–water partition coefficient (Wildman–Crippen LogP) is 28.8. The van der Waals surface area contributed by atoms with E-state index in [0.29, 0.717) is 64.7 Å². The van der Waals surface area contributed by atoms with Gasteiger partial charge in [-0.15, -0.1) is 0 Å². The van der Waals surface area contributed by atoms with Crippen LogP contribution in [0.15, 0.2) is 243 Å². The Kier molecular flexibility index (Phi) is 40.6. The molecule has 0 amide bonds. The van der Waals surface area contributed by atoms with E-state index in [2.05, 4.69) is 227 Å². The average Bonchev–Trinajstić information content (AvgIpc) is 0.812. The van der Waals surface area contributed by atoms with Gasteiger partial charge in [0, 0.05) is 67.5 Å². The van der Waals surface area contributed by atoms with E-state index in [9.17, 15) is 18.7 Å². The Bertz CT molecular complexity index is 4640. The molecule has 0 saturated carbocycles. The first-order chi connectivity index (χ1) is 56.3. The largest absolute Gasteiger partial charge is 0.496 e. The van der Waals surface area contributed by atoms with Crippen molar-refractivity contribution in [3.63, 3.8) is 0 Å². The molecule has 0 aliphatic rings. The highest BCUT2D eigenvalue weighted by Gasteiger charge is 2.31. The maximum atomic E-state index is 13.3. The number of benzene rings is 10. The minimum atomic E-state index is -3.39. The van der Waals surface area contributed by atoms with E-state index in [1.165, 1.54) is 37.7 Å². The number of nitrogens with zero attached hydrogens (tertiary/aromatic N) is 2. The lowest BCUT2D eigenvalue weighted by molar-refractivity contribution is 0.111. The molecule has 16 heteroatoms.